The SMILES string of the molecule is CC(C)(N)c1cn(Cc2noc(-c3ccsc3)n2)nn1. The summed E-state index contributed by atoms with van der Waals surface area (Å²) in [6.45, 7) is 4.16. The summed E-state index contributed by atoms with van der Waals surface area (Å²) in [7, 11) is 0. The topological polar surface area (TPSA) is 95.7 Å². The quantitative estimate of drug-likeness (QED) is 0.784. The second-order valence-electron chi connectivity index (χ2n) is 5.05. The molecule has 0 fully saturated rings. The Morgan fingerprint density at radius 1 is 1.45 bits per heavy atom. The van der Waals surface area contributed by atoms with Crippen molar-refractivity contribution in [2.75, 3.05) is 0 Å². The van der Waals surface area contributed by atoms with E-state index in [1.165, 1.54) is 0 Å². The lowest BCUT2D eigenvalue weighted by molar-refractivity contribution is 0.418. The summed E-state index contributed by atoms with van der Waals surface area (Å²) in [5, 5.41) is 15.9. The predicted molar refractivity (Wildman–Crippen MR) is 73.9 cm³/mol. The Kier molecular flexibility index (Phi) is 3.11. The van der Waals surface area contributed by atoms with Crippen molar-refractivity contribution in [3.05, 3.63) is 34.5 Å². The number of hydrogen-bond donors (Lipinski definition) is 1. The Labute approximate surface area is 119 Å². The Bertz CT molecular complexity index is 694. The fourth-order valence-electron chi connectivity index (χ4n) is 1.64. The zero-order chi connectivity index (χ0) is 14.2. The lowest BCUT2D eigenvalue weighted by Crippen LogP contribution is -2.29. The third-order valence-electron chi connectivity index (χ3n) is 2.74. The molecule has 2 N–H and O–H groups in total. The highest BCUT2D eigenvalue weighted by atomic mass is 32.1. The van der Waals surface area contributed by atoms with E-state index in [2.05, 4.69) is 20.5 Å². The first-order valence-electron chi connectivity index (χ1n) is 6.07. The highest BCUT2D eigenvalue weighted by Crippen LogP contribution is 2.20. The van der Waals surface area contributed by atoms with Gasteiger partial charge in [0.2, 0.25) is 0 Å². The molecular weight excluding hydrogens is 276 g/mol. The van der Waals surface area contributed by atoms with Crippen LogP contribution in [0.2, 0.25) is 0 Å². The maximum absolute atomic E-state index is 5.97. The molecule has 104 valence electrons. The second-order valence-corrected chi connectivity index (χ2v) is 5.83. The summed E-state index contributed by atoms with van der Waals surface area (Å²) in [4.78, 5) is 4.33. The molecular formula is C12H14N6OS. The first kappa shape index (κ1) is 12.9. The van der Waals surface area contributed by atoms with Crippen molar-refractivity contribution < 1.29 is 4.52 Å². The Hall–Kier alpha value is -2.06. The molecule has 0 aliphatic heterocycles. The molecule has 8 heteroatoms. The third kappa shape index (κ3) is 2.61. The minimum atomic E-state index is -0.517. The van der Waals surface area contributed by atoms with Gasteiger partial charge in [-0.25, -0.2) is 4.68 Å². The van der Waals surface area contributed by atoms with E-state index < -0.39 is 5.54 Å². The van der Waals surface area contributed by atoms with Crippen molar-refractivity contribution in [2.45, 2.75) is 25.9 Å². The van der Waals surface area contributed by atoms with Crippen molar-refractivity contribution in [1.29, 1.82) is 0 Å². The van der Waals surface area contributed by atoms with Crippen molar-refractivity contribution >= 4 is 11.3 Å². The molecule has 0 aliphatic rings. The minimum absolute atomic E-state index is 0.400. The molecule has 7 nitrogen and oxygen atoms in total. The second kappa shape index (κ2) is 4.80. The molecule has 0 aliphatic carbocycles. The van der Waals surface area contributed by atoms with Crippen LogP contribution in [0.5, 0.6) is 0 Å². The lowest BCUT2D eigenvalue weighted by atomic mass is 10.0. The van der Waals surface area contributed by atoms with Crippen LogP contribution < -0.4 is 5.73 Å². The van der Waals surface area contributed by atoms with Gasteiger partial charge in [0.15, 0.2) is 5.82 Å². The molecule has 0 saturated carbocycles. The molecule has 0 aromatic carbocycles. The summed E-state index contributed by atoms with van der Waals surface area (Å²) < 4.78 is 6.86. The van der Waals surface area contributed by atoms with Crippen LogP contribution in [0.4, 0.5) is 0 Å². The summed E-state index contributed by atoms with van der Waals surface area (Å²) in [5.41, 5.74) is 7.10. The fraction of sp³-hybridized carbons (Fsp3) is 0.333. The van der Waals surface area contributed by atoms with E-state index in [4.69, 9.17) is 10.3 Å². The number of nitrogens with two attached hydrogens (primary N) is 1. The molecule has 20 heavy (non-hydrogen) atoms. The molecule has 0 spiro atoms. The van der Waals surface area contributed by atoms with Crippen molar-refractivity contribution in [3.63, 3.8) is 0 Å². The standard InChI is InChI=1S/C12H14N6OS/c1-12(2,13)9-5-18(17-15-9)6-10-14-11(19-16-10)8-3-4-20-7-8/h3-5,7H,6,13H2,1-2H3. The number of aromatic nitrogens is 5. The van der Waals surface area contributed by atoms with E-state index in [0.717, 1.165) is 11.3 Å². The van der Waals surface area contributed by atoms with Gasteiger partial charge in [0, 0.05) is 5.38 Å². The van der Waals surface area contributed by atoms with E-state index in [1.807, 2.05) is 30.7 Å². The molecule has 0 amide bonds. The molecule has 0 radical (unpaired) electrons. The number of nitrogens with zero attached hydrogens (tertiary/aromatic N) is 5. The average Bonchev–Trinajstić information content (AvgIpc) is 3.08. The molecule has 3 aromatic rings. The van der Waals surface area contributed by atoms with Gasteiger partial charge in [-0.3, -0.25) is 0 Å². The predicted octanol–water partition coefficient (Wildman–Crippen LogP) is 1.63. The van der Waals surface area contributed by atoms with Gasteiger partial charge in [0.05, 0.1) is 17.3 Å². The van der Waals surface area contributed by atoms with Crippen LogP contribution in [0.15, 0.2) is 27.5 Å². The fourth-order valence-corrected chi connectivity index (χ4v) is 2.27. The first-order valence-corrected chi connectivity index (χ1v) is 7.01. The van der Waals surface area contributed by atoms with Gasteiger partial charge in [-0.1, -0.05) is 10.4 Å². The summed E-state index contributed by atoms with van der Waals surface area (Å²) >= 11 is 1.58. The molecule has 0 bridgehead atoms. The monoisotopic (exact) mass is 290 g/mol. The van der Waals surface area contributed by atoms with Crippen molar-refractivity contribution in [2.24, 2.45) is 5.73 Å². The zero-order valence-electron chi connectivity index (χ0n) is 11.1. The van der Waals surface area contributed by atoms with Gasteiger partial charge in [0.1, 0.15) is 12.2 Å². The van der Waals surface area contributed by atoms with Gasteiger partial charge in [0.25, 0.3) is 5.89 Å². The summed E-state index contributed by atoms with van der Waals surface area (Å²) in [5.74, 6) is 1.07. The van der Waals surface area contributed by atoms with Gasteiger partial charge >= 0.3 is 0 Å². The van der Waals surface area contributed by atoms with Gasteiger partial charge < -0.3 is 10.3 Å². The lowest BCUT2D eigenvalue weighted by Gasteiger charge is -2.13. The molecule has 0 unspecified atom stereocenters. The molecule has 3 aromatic heterocycles. The average molecular weight is 290 g/mol. The molecule has 0 saturated heterocycles. The molecule has 3 heterocycles. The number of hydrogen-bond acceptors (Lipinski definition) is 7. The summed E-state index contributed by atoms with van der Waals surface area (Å²) in [6, 6.07) is 1.94. The Morgan fingerprint density at radius 3 is 2.95 bits per heavy atom. The van der Waals surface area contributed by atoms with Crippen LogP contribution in [0.1, 0.15) is 25.4 Å². The van der Waals surface area contributed by atoms with Crippen LogP contribution in [-0.2, 0) is 12.1 Å². The van der Waals surface area contributed by atoms with Gasteiger partial charge in [-0.2, -0.15) is 16.3 Å². The number of thiophene rings is 1. The van der Waals surface area contributed by atoms with Crippen LogP contribution in [0.3, 0.4) is 0 Å². The van der Waals surface area contributed by atoms with E-state index in [0.29, 0.717) is 18.3 Å². The van der Waals surface area contributed by atoms with E-state index in [1.54, 1.807) is 22.2 Å². The maximum atomic E-state index is 5.97. The van der Waals surface area contributed by atoms with Crippen molar-refractivity contribution in [1.82, 2.24) is 25.1 Å². The largest absolute Gasteiger partial charge is 0.334 e. The Balaban J connectivity index is 1.77. The third-order valence-corrected chi connectivity index (χ3v) is 3.42. The smallest absolute Gasteiger partial charge is 0.258 e. The van der Waals surface area contributed by atoms with E-state index in [9.17, 15) is 0 Å². The molecule has 0 atom stereocenters. The molecule has 3 rings (SSSR count). The van der Waals surface area contributed by atoms with Crippen LogP contribution >= 0.6 is 11.3 Å². The van der Waals surface area contributed by atoms with Gasteiger partial charge in [-0.05, 0) is 25.3 Å². The van der Waals surface area contributed by atoms with Gasteiger partial charge in [-0.15, -0.1) is 5.10 Å². The number of rotatable bonds is 4. The normalized spacial score (nSPS) is 11.9. The van der Waals surface area contributed by atoms with E-state index in [-0.39, 0.29) is 0 Å². The highest BCUT2D eigenvalue weighted by Gasteiger charge is 2.19. The van der Waals surface area contributed by atoms with Crippen LogP contribution in [-0.4, -0.2) is 25.1 Å². The first-order chi connectivity index (χ1) is 9.52. The van der Waals surface area contributed by atoms with E-state index >= 15 is 0 Å². The zero-order valence-corrected chi connectivity index (χ0v) is 12.0. The van der Waals surface area contributed by atoms with Crippen LogP contribution in [0, 0.1) is 0 Å². The van der Waals surface area contributed by atoms with Crippen LogP contribution in [0.25, 0.3) is 11.5 Å². The van der Waals surface area contributed by atoms with Crippen molar-refractivity contribution in [3.8, 4) is 11.5 Å². The maximum Gasteiger partial charge on any atom is 0.258 e. The minimum Gasteiger partial charge on any atom is -0.334 e. The Morgan fingerprint density at radius 2 is 2.30 bits per heavy atom. The highest BCUT2D eigenvalue weighted by molar-refractivity contribution is 7.08. The summed E-state index contributed by atoms with van der Waals surface area (Å²) in [6.07, 6.45) is 1.79.